The largest absolute Gasteiger partial charge is 0.476 e. The van der Waals surface area contributed by atoms with Crippen molar-refractivity contribution in [1.29, 1.82) is 0 Å². The molecule has 1 aromatic carbocycles. The number of rotatable bonds is 4. The van der Waals surface area contributed by atoms with Crippen LogP contribution in [0.3, 0.4) is 0 Å². The number of halogens is 1. The van der Waals surface area contributed by atoms with Crippen LogP contribution in [-0.4, -0.2) is 20.9 Å². The van der Waals surface area contributed by atoms with Gasteiger partial charge in [0.1, 0.15) is 0 Å². The third-order valence-electron chi connectivity index (χ3n) is 3.65. The van der Waals surface area contributed by atoms with Crippen molar-refractivity contribution in [2.75, 3.05) is 0 Å². The van der Waals surface area contributed by atoms with E-state index in [1.54, 1.807) is 10.7 Å². The Labute approximate surface area is 143 Å². The molecule has 0 bridgehead atoms. The molecule has 0 spiro atoms. The molecule has 0 amide bonds. The Morgan fingerprint density at radius 2 is 1.91 bits per heavy atom. The van der Waals surface area contributed by atoms with Crippen molar-refractivity contribution < 1.29 is 9.90 Å². The van der Waals surface area contributed by atoms with Gasteiger partial charge in [-0.15, -0.1) is 0 Å². The number of hydrogen-bond acceptors (Lipinski definition) is 2. The lowest BCUT2D eigenvalue weighted by molar-refractivity contribution is 0.0689. The summed E-state index contributed by atoms with van der Waals surface area (Å²) < 4.78 is 1.67. The van der Waals surface area contributed by atoms with Gasteiger partial charge in [-0.2, -0.15) is 5.10 Å². The van der Waals surface area contributed by atoms with Crippen LogP contribution in [0.15, 0.2) is 24.3 Å². The van der Waals surface area contributed by atoms with Crippen LogP contribution < -0.4 is 0 Å². The molecule has 0 aliphatic heterocycles. The fraction of sp³-hybridized carbons (Fsp3) is 0.444. The van der Waals surface area contributed by atoms with Crippen LogP contribution in [-0.2, 0) is 6.54 Å². The number of aromatic nitrogens is 2. The summed E-state index contributed by atoms with van der Waals surface area (Å²) in [7, 11) is 0. The Kier molecular flexibility index (Phi) is 7.30. The number of hydrogen-bond donors (Lipinski definition) is 1. The molecular weight excluding hydrogens is 312 g/mol. The zero-order chi connectivity index (χ0) is 17.6. The maximum absolute atomic E-state index is 10.8. The Morgan fingerprint density at radius 3 is 2.39 bits per heavy atom. The standard InChI is InChI=1S/C13H13ClN2O2.C5H12/c1-8-3-4-11(14)6-10(8)7-16-9(2)5-12(15-16)13(17)18;1-4-5(2)3/h3-6H,7H2,1-2H3,(H,17,18);5H,4H2,1-3H3. The third-order valence-corrected chi connectivity index (χ3v) is 3.88. The minimum absolute atomic E-state index is 0.0622. The highest BCUT2D eigenvalue weighted by Crippen LogP contribution is 2.17. The van der Waals surface area contributed by atoms with E-state index in [2.05, 4.69) is 25.9 Å². The average Bonchev–Trinajstić information content (AvgIpc) is 2.85. The van der Waals surface area contributed by atoms with E-state index in [1.807, 2.05) is 32.0 Å². The van der Waals surface area contributed by atoms with Crippen LogP contribution >= 0.6 is 11.6 Å². The van der Waals surface area contributed by atoms with E-state index in [0.29, 0.717) is 11.6 Å². The van der Waals surface area contributed by atoms with E-state index >= 15 is 0 Å². The topological polar surface area (TPSA) is 55.1 Å². The van der Waals surface area contributed by atoms with Crippen LogP contribution in [0.4, 0.5) is 0 Å². The van der Waals surface area contributed by atoms with Gasteiger partial charge in [-0.05, 0) is 49.1 Å². The molecular formula is C18H25ClN2O2. The van der Waals surface area contributed by atoms with Gasteiger partial charge in [0.15, 0.2) is 5.69 Å². The summed E-state index contributed by atoms with van der Waals surface area (Å²) >= 11 is 5.95. The fourth-order valence-corrected chi connectivity index (χ4v) is 1.94. The molecule has 23 heavy (non-hydrogen) atoms. The predicted molar refractivity (Wildman–Crippen MR) is 94.3 cm³/mol. The molecule has 1 aromatic heterocycles. The summed E-state index contributed by atoms with van der Waals surface area (Å²) in [6, 6.07) is 7.20. The fourth-order valence-electron chi connectivity index (χ4n) is 1.75. The first-order valence-electron chi connectivity index (χ1n) is 7.77. The molecule has 0 saturated carbocycles. The normalized spacial score (nSPS) is 10.4. The highest BCUT2D eigenvalue weighted by molar-refractivity contribution is 6.30. The van der Waals surface area contributed by atoms with Crippen molar-refractivity contribution in [3.63, 3.8) is 0 Å². The van der Waals surface area contributed by atoms with Gasteiger partial charge >= 0.3 is 5.97 Å². The number of carbonyl (C=O) groups is 1. The van der Waals surface area contributed by atoms with Crippen LogP contribution in [0.5, 0.6) is 0 Å². The molecule has 0 fully saturated rings. The number of carboxylic acid groups (broad SMARTS) is 1. The van der Waals surface area contributed by atoms with Crippen molar-refractivity contribution in [1.82, 2.24) is 9.78 Å². The molecule has 126 valence electrons. The lowest BCUT2D eigenvalue weighted by Gasteiger charge is -2.08. The molecule has 1 N–H and O–H groups in total. The van der Waals surface area contributed by atoms with Gasteiger partial charge < -0.3 is 5.11 Å². The van der Waals surface area contributed by atoms with E-state index in [0.717, 1.165) is 22.7 Å². The van der Waals surface area contributed by atoms with Crippen LogP contribution in [0, 0.1) is 19.8 Å². The minimum atomic E-state index is -1.01. The Balaban J connectivity index is 0.000000463. The second-order valence-corrected chi connectivity index (χ2v) is 6.44. The van der Waals surface area contributed by atoms with E-state index in [1.165, 1.54) is 6.42 Å². The van der Waals surface area contributed by atoms with Gasteiger partial charge in [-0.3, -0.25) is 4.68 Å². The maximum Gasteiger partial charge on any atom is 0.356 e. The van der Waals surface area contributed by atoms with Crippen LogP contribution in [0.25, 0.3) is 0 Å². The number of carboxylic acids is 1. The number of nitrogens with zero attached hydrogens (tertiary/aromatic N) is 2. The molecule has 5 heteroatoms. The van der Waals surface area contributed by atoms with Crippen molar-refractivity contribution in [2.45, 2.75) is 47.6 Å². The van der Waals surface area contributed by atoms with E-state index in [-0.39, 0.29) is 5.69 Å². The van der Waals surface area contributed by atoms with Crippen molar-refractivity contribution in [3.05, 3.63) is 51.8 Å². The first-order valence-corrected chi connectivity index (χ1v) is 8.15. The van der Waals surface area contributed by atoms with Gasteiger partial charge in [0.25, 0.3) is 0 Å². The molecule has 0 aliphatic rings. The van der Waals surface area contributed by atoms with Gasteiger partial charge in [-0.1, -0.05) is 44.9 Å². The number of benzene rings is 1. The van der Waals surface area contributed by atoms with E-state index in [4.69, 9.17) is 16.7 Å². The summed E-state index contributed by atoms with van der Waals surface area (Å²) in [5, 5.41) is 13.6. The first-order chi connectivity index (χ1) is 10.7. The molecule has 0 saturated heterocycles. The minimum Gasteiger partial charge on any atom is -0.476 e. The lowest BCUT2D eigenvalue weighted by atomic mass is 10.1. The SMILES string of the molecule is CCC(C)C.Cc1ccc(Cl)cc1Cn1nc(C(=O)O)cc1C. The van der Waals surface area contributed by atoms with E-state index in [9.17, 15) is 4.79 Å². The average molecular weight is 337 g/mol. The number of aryl methyl sites for hydroxylation is 2. The van der Waals surface area contributed by atoms with Gasteiger partial charge in [0.2, 0.25) is 0 Å². The zero-order valence-electron chi connectivity index (χ0n) is 14.4. The summed E-state index contributed by atoms with van der Waals surface area (Å²) in [6.45, 7) is 11.0. The Bertz CT molecular complexity index is 663. The highest BCUT2D eigenvalue weighted by Gasteiger charge is 2.11. The van der Waals surface area contributed by atoms with Crippen molar-refractivity contribution in [2.24, 2.45) is 5.92 Å². The van der Waals surface area contributed by atoms with Crippen LogP contribution in [0.1, 0.15) is 54.5 Å². The van der Waals surface area contributed by atoms with Gasteiger partial charge in [0, 0.05) is 10.7 Å². The molecule has 2 aromatic rings. The Morgan fingerprint density at radius 1 is 1.30 bits per heavy atom. The number of aromatic carboxylic acids is 1. The lowest BCUT2D eigenvalue weighted by Crippen LogP contribution is -2.07. The third kappa shape index (κ3) is 6.06. The molecule has 0 unspecified atom stereocenters. The smallest absolute Gasteiger partial charge is 0.356 e. The second-order valence-electron chi connectivity index (χ2n) is 6.01. The van der Waals surface area contributed by atoms with Gasteiger partial charge in [-0.25, -0.2) is 4.79 Å². The highest BCUT2D eigenvalue weighted by atomic mass is 35.5. The first kappa shape index (κ1) is 19.2. The van der Waals surface area contributed by atoms with Crippen molar-refractivity contribution >= 4 is 17.6 Å². The zero-order valence-corrected chi connectivity index (χ0v) is 15.2. The predicted octanol–water partition coefficient (Wildman–Crippen LogP) is 4.95. The summed E-state index contributed by atoms with van der Waals surface area (Å²) in [5.74, 6) is -0.130. The molecule has 2 rings (SSSR count). The molecule has 0 atom stereocenters. The Hall–Kier alpha value is -1.81. The maximum atomic E-state index is 10.8. The molecule has 1 heterocycles. The second kappa shape index (κ2) is 8.73. The van der Waals surface area contributed by atoms with E-state index < -0.39 is 5.97 Å². The quantitative estimate of drug-likeness (QED) is 0.859. The molecule has 0 aliphatic carbocycles. The van der Waals surface area contributed by atoms with Gasteiger partial charge in [0.05, 0.1) is 6.54 Å². The summed E-state index contributed by atoms with van der Waals surface area (Å²) in [4.78, 5) is 10.8. The molecule has 4 nitrogen and oxygen atoms in total. The molecule has 0 radical (unpaired) electrons. The summed E-state index contributed by atoms with van der Waals surface area (Å²) in [5.41, 5.74) is 3.01. The van der Waals surface area contributed by atoms with Crippen LogP contribution in [0.2, 0.25) is 5.02 Å². The van der Waals surface area contributed by atoms with Crippen molar-refractivity contribution in [3.8, 4) is 0 Å². The summed E-state index contributed by atoms with van der Waals surface area (Å²) in [6.07, 6.45) is 1.31. The monoisotopic (exact) mass is 336 g/mol.